The predicted octanol–water partition coefficient (Wildman–Crippen LogP) is 6.60. The van der Waals surface area contributed by atoms with Gasteiger partial charge in [-0.15, -0.1) is 0 Å². The summed E-state index contributed by atoms with van der Waals surface area (Å²) in [7, 11) is 0. The summed E-state index contributed by atoms with van der Waals surface area (Å²) in [6, 6.07) is 18.9. The van der Waals surface area contributed by atoms with Crippen LogP contribution in [0.15, 0.2) is 71.6 Å². The average Bonchev–Trinajstić information content (AvgIpc) is 3.03. The Morgan fingerprint density at radius 3 is 2.38 bits per heavy atom. The van der Waals surface area contributed by atoms with Crippen LogP contribution < -0.4 is 4.74 Å². The maximum atomic E-state index is 13.0. The summed E-state index contributed by atoms with van der Waals surface area (Å²) < 4.78 is 18.7. The highest BCUT2D eigenvalue weighted by Crippen LogP contribution is 2.34. The van der Waals surface area contributed by atoms with Crippen molar-refractivity contribution >= 4 is 40.6 Å². The fraction of sp³-hybridized carbons (Fsp3) is 0.120. The topological polar surface area (TPSA) is 46.6 Å². The predicted molar refractivity (Wildman–Crippen MR) is 125 cm³/mol. The van der Waals surface area contributed by atoms with Gasteiger partial charge in [0.2, 0.25) is 0 Å². The smallest absolute Gasteiger partial charge is 0.293 e. The SMILES string of the molecule is Cc1ccc(CN2C(=O)S/C(=C\c3ccc(OCc4ccc(F)cc4)c(Cl)c3)C2=O)cc1. The van der Waals surface area contributed by atoms with Crippen molar-refractivity contribution in [3.63, 3.8) is 0 Å². The highest BCUT2D eigenvalue weighted by atomic mass is 35.5. The van der Waals surface area contributed by atoms with E-state index in [4.69, 9.17) is 16.3 Å². The van der Waals surface area contributed by atoms with Gasteiger partial charge in [0.05, 0.1) is 16.5 Å². The molecule has 0 atom stereocenters. The molecule has 1 saturated heterocycles. The lowest BCUT2D eigenvalue weighted by molar-refractivity contribution is -0.123. The molecule has 4 nitrogen and oxygen atoms in total. The van der Waals surface area contributed by atoms with Crippen molar-refractivity contribution in [2.24, 2.45) is 0 Å². The van der Waals surface area contributed by atoms with Gasteiger partial charge < -0.3 is 4.74 Å². The highest BCUT2D eigenvalue weighted by molar-refractivity contribution is 8.18. The summed E-state index contributed by atoms with van der Waals surface area (Å²) in [6.07, 6.45) is 1.65. The molecule has 1 aliphatic heterocycles. The Morgan fingerprint density at radius 2 is 1.69 bits per heavy atom. The largest absolute Gasteiger partial charge is 0.487 e. The van der Waals surface area contributed by atoms with Crippen molar-refractivity contribution < 1.29 is 18.7 Å². The van der Waals surface area contributed by atoms with E-state index in [2.05, 4.69) is 0 Å². The summed E-state index contributed by atoms with van der Waals surface area (Å²) in [4.78, 5) is 26.7. The fourth-order valence-corrected chi connectivity index (χ4v) is 4.21. The van der Waals surface area contributed by atoms with E-state index >= 15 is 0 Å². The van der Waals surface area contributed by atoms with E-state index in [1.165, 1.54) is 17.0 Å². The average molecular weight is 468 g/mol. The molecule has 3 aromatic carbocycles. The molecule has 3 aromatic rings. The van der Waals surface area contributed by atoms with Crippen molar-refractivity contribution in [1.82, 2.24) is 4.90 Å². The maximum absolute atomic E-state index is 13.0. The zero-order valence-electron chi connectivity index (χ0n) is 17.2. The quantitative estimate of drug-likeness (QED) is 0.383. The number of thioether (sulfide) groups is 1. The van der Waals surface area contributed by atoms with Crippen LogP contribution >= 0.6 is 23.4 Å². The van der Waals surface area contributed by atoms with E-state index in [0.29, 0.717) is 21.2 Å². The molecule has 0 aliphatic carbocycles. The monoisotopic (exact) mass is 467 g/mol. The van der Waals surface area contributed by atoms with Gasteiger partial charge in [-0.2, -0.15) is 0 Å². The van der Waals surface area contributed by atoms with Crippen LogP contribution in [0.3, 0.4) is 0 Å². The van der Waals surface area contributed by atoms with Crippen molar-refractivity contribution in [1.29, 1.82) is 0 Å². The lowest BCUT2D eigenvalue weighted by Crippen LogP contribution is -2.27. The second-order valence-electron chi connectivity index (χ2n) is 7.36. The molecular weight excluding hydrogens is 449 g/mol. The van der Waals surface area contributed by atoms with Crippen molar-refractivity contribution in [3.05, 3.63) is 105 Å². The number of hydrogen-bond acceptors (Lipinski definition) is 4. The molecule has 1 aliphatic rings. The van der Waals surface area contributed by atoms with Crippen LogP contribution in [0.2, 0.25) is 5.02 Å². The van der Waals surface area contributed by atoms with E-state index in [0.717, 1.165) is 28.5 Å². The molecule has 0 radical (unpaired) electrons. The number of hydrogen-bond donors (Lipinski definition) is 0. The minimum Gasteiger partial charge on any atom is -0.487 e. The van der Waals surface area contributed by atoms with E-state index < -0.39 is 0 Å². The number of ether oxygens (including phenoxy) is 1. The van der Waals surface area contributed by atoms with Crippen LogP contribution in [-0.2, 0) is 17.9 Å². The molecule has 0 aromatic heterocycles. The van der Waals surface area contributed by atoms with Crippen LogP contribution in [0.5, 0.6) is 5.75 Å². The molecule has 0 bridgehead atoms. The molecule has 0 spiro atoms. The Kier molecular flexibility index (Phi) is 6.63. The summed E-state index contributed by atoms with van der Waals surface area (Å²) in [5.74, 6) is -0.159. The number of imide groups is 1. The standard InChI is InChI=1S/C25H19ClFNO3S/c1-16-2-4-17(5-3-16)14-28-24(29)23(32-25(28)30)13-19-8-11-22(21(26)12-19)31-15-18-6-9-20(27)10-7-18/h2-13H,14-15H2,1H3/b23-13-. The van der Waals surface area contributed by atoms with Gasteiger partial charge in [0.1, 0.15) is 18.2 Å². The third kappa shape index (κ3) is 5.21. The molecule has 1 heterocycles. The molecule has 7 heteroatoms. The first-order valence-corrected chi connectivity index (χ1v) is 11.1. The van der Waals surface area contributed by atoms with E-state index in [1.807, 2.05) is 31.2 Å². The summed E-state index contributed by atoms with van der Waals surface area (Å²) in [5, 5.41) is 0.0759. The van der Waals surface area contributed by atoms with Gasteiger partial charge in [0, 0.05) is 0 Å². The Bertz CT molecular complexity index is 1190. The first-order valence-electron chi connectivity index (χ1n) is 9.87. The number of carbonyl (C=O) groups is 2. The summed E-state index contributed by atoms with van der Waals surface area (Å²) in [6.45, 7) is 2.47. The summed E-state index contributed by atoms with van der Waals surface area (Å²) >= 11 is 7.25. The minimum absolute atomic E-state index is 0.235. The van der Waals surface area contributed by atoms with Crippen LogP contribution in [0.4, 0.5) is 9.18 Å². The normalized spacial score (nSPS) is 15.0. The number of nitrogens with zero attached hydrogens (tertiary/aromatic N) is 1. The number of amides is 2. The number of carbonyl (C=O) groups excluding carboxylic acids is 2. The van der Waals surface area contributed by atoms with Gasteiger partial charge in [0.15, 0.2) is 0 Å². The van der Waals surface area contributed by atoms with Gasteiger partial charge in [-0.25, -0.2) is 4.39 Å². The van der Waals surface area contributed by atoms with Crippen molar-refractivity contribution in [3.8, 4) is 5.75 Å². The van der Waals surface area contributed by atoms with Crippen LogP contribution in [0, 0.1) is 12.7 Å². The van der Waals surface area contributed by atoms with Crippen molar-refractivity contribution in [2.45, 2.75) is 20.1 Å². The molecule has 2 amide bonds. The van der Waals surface area contributed by atoms with Crippen LogP contribution in [0.1, 0.15) is 22.3 Å². The minimum atomic E-state index is -0.326. The lowest BCUT2D eigenvalue weighted by atomic mass is 10.1. The zero-order valence-corrected chi connectivity index (χ0v) is 18.8. The van der Waals surface area contributed by atoms with Gasteiger partial charge in [-0.3, -0.25) is 14.5 Å². The molecule has 162 valence electrons. The Labute approximate surface area is 194 Å². The van der Waals surface area contributed by atoms with Gasteiger partial charge in [0.25, 0.3) is 11.1 Å². The molecular formula is C25H19ClFNO3S. The van der Waals surface area contributed by atoms with E-state index in [9.17, 15) is 14.0 Å². The number of halogens is 2. The summed E-state index contributed by atoms with van der Waals surface area (Å²) in [5.41, 5.74) is 3.51. The number of rotatable bonds is 6. The van der Waals surface area contributed by atoms with Gasteiger partial charge >= 0.3 is 0 Å². The van der Waals surface area contributed by atoms with Gasteiger partial charge in [-0.05, 0) is 65.7 Å². The first-order chi connectivity index (χ1) is 15.4. The fourth-order valence-electron chi connectivity index (χ4n) is 3.13. The zero-order chi connectivity index (χ0) is 22.7. The van der Waals surface area contributed by atoms with Crippen LogP contribution in [0.25, 0.3) is 6.08 Å². The molecule has 4 rings (SSSR count). The lowest BCUT2D eigenvalue weighted by Gasteiger charge is -2.12. The van der Waals surface area contributed by atoms with Crippen LogP contribution in [-0.4, -0.2) is 16.0 Å². The Balaban J connectivity index is 1.44. The Morgan fingerprint density at radius 1 is 1.00 bits per heavy atom. The van der Waals surface area contributed by atoms with Gasteiger partial charge in [-0.1, -0.05) is 59.6 Å². The van der Waals surface area contributed by atoms with E-state index in [1.54, 1.807) is 36.4 Å². The highest BCUT2D eigenvalue weighted by Gasteiger charge is 2.35. The van der Waals surface area contributed by atoms with E-state index in [-0.39, 0.29) is 30.1 Å². The first kappa shape index (κ1) is 22.1. The van der Waals surface area contributed by atoms with Crippen molar-refractivity contribution in [2.75, 3.05) is 0 Å². The molecule has 0 N–H and O–H groups in total. The molecule has 32 heavy (non-hydrogen) atoms. The molecule has 0 unspecified atom stereocenters. The maximum Gasteiger partial charge on any atom is 0.293 e. The second kappa shape index (κ2) is 9.59. The second-order valence-corrected chi connectivity index (χ2v) is 8.76. The number of benzene rings is 3. The third-order valence-corrected chi connectivity index (χ3v) is 6.10. The molecule has 1 fully saturated rings. The number of aryl methyl sites for hydroxylation is 1. The molecule has 0 saturated carbocycles. The Hall–Kier alpha value is -3.09. The third-order valence-electron chi connectivity index (χ3n) is 4.90.